The Morgan fingerprint density at radius 1 is 0.938 bits per heavy atom. The van der Waals surface area contributed by atoms with Gasteiger partial charge in [0.25, 0.3) is 0 Å². The molecule has 0 aliphatic carbocycles. The van der Waals surface area contributed by atoms with Gasteiger partial charge in [-0.3, -0.25) is 0 Å². The van der Waals surface area contributed by atoms with E-state index in [1.807, 2.05) is 30.3 Å². The van der Waals surface area contributed by atoms with Gasteiger partial charge < -0.3 is 0 Å². The summed E-state index contributed by atoms with van der Waals surface area (Å²) in [5, 5.41) is 5.04. The van der Waals surface area contributed by atoms with Crippen molar-refractivity contribution in [3.63, 3.8) is 0 Å². The Morgan fingerprint density at radius 2 is 1.62 bits per heavy atom. The third-order valence-corrected chi connectivity index (χ3v) is 3.01. The largest absolute Gasteiger partial charge is 0.238 e. The van der Waals surface area contributed by atoms with E-state index in [4.69, 9.17) is 5.14 Å². The van der Waals surface area contributed by atoms with Crippen LogP contribution in [-0.4, -0.2) is 8.42 Å². The molecule has 1 radical (unpaired) electrons. The number of benzene rings is 2. The summed E-state index contributed by atoms with van der Waals surface area (Å²) in [6.07, 6.45) is 0. The van der Waals surface area contributed by atoms with E-state index in [0.717, 1.165) is 5.56 Å². The lowest BCUT2D eigenvalue weighted by molar-refractivity contribution is 0.597. The quantitative estimate of drug-likeness (QED) is 0.858. The summed E-state index contributed by atoms with van der Waals surface area (Å²) in [7, 11) is -3.69. The van der Waals surface area contributed by atoms with E-state index in [0.29, 0.717) is 5.56 Å². The molecule has 0 unspecified atom stereocenters. The maximum absolute atomic E-state index is 11.2. The van der Waals surface area contributed by atoms with Crippen LogP contribution in [0.3, 0.4) is 0 Å². The summed E-state index contributed by atoms with van der Waals surface area (Å²) in [6, 6.07) is 17.1. The number of sulfonamides is 1. The van der Waals surface area contributed by atoms with Crippen molar-refractivity contribution in [2.24, 2.45) is 5.14 Å². The second-order valence-corrected chi connectivity index (χ2v) is 4.87. The molecule has 0 bridgehead atoms. The van der Waals surface area contributed by atoms with Gasteiger partial charge in [-0.2, -0.15) is 0 Å². The van der Waals surface area contributed by atoms with Gasteiger partial charge in [0.05, 0.1) is 4.90 Å². The molecule has 0 aromatic heterocycles. The summed E-state index contributed by atoms with van der Waals surface area (Å²) < 4.78 is 22.3. The average molecular weight is 232 g/mol. The highest BCUT2D eigenvalue weighted by molar-refractivity contribution is 7.89. The molecule has 2 aromatic carbocycles. The van der Waals surface area contributed by atoms with Crippen molar-refractivity contribution in [3.05, 3.63) is 54.6 Å². The van der Waals surface area contributed by atoms with Gasteiger partial charge in [0.1, 0.15) is 0 Å². The van der Waals surface area contributed by atoms with E-state index < -0.39 is 10.0 Å². The van der Waals surface area contributed by atoms with Gasteiger partial charge in [-0.25, -0.2) is 13.6 Å². The zero-order chi connectivity index (χ0) is 11.6. The number of hydrogen-bond acceptors (Lipinski definition) is 2. The maximum Gasteiger partial charge on any atom is 0.238 e. The van der Waals surface area contributed by atoms with Crippen molar-refractivity contribution < 1.29 is 8.42 Å². The van der Waals surface area contributed by atoms with Gasteiger partial charge in [-0.15, -0.1) is 0 Å². The molecule has 0 fully saturated rings. The van der Waals surface area contributed by atoms with E-state index in [1.54, 1.807) is 12.1 Å². The normalized spacial score (nSPS) is 11.3. The summed E-state index contributed by atoms with van der Waals surface area (Å²) in [4.78, 5) is 0.00820. The minimum absolute atomic E-state index is 0.00820. The van der Waals surface area contributed by atoms with Crippen LogP contribution in [0, 0.1) is 6.07 Å². The number of hydrogen-bond donors (Lipinski definition) is 1. The van der Waals surface area contributed by atoms with Crippen molar-refractivity contribution in [3.8, 4) is 11.1 Å². The molecule has 0 heterocycles. The molecule has 0 spiro atoms. The Morgan fingerprint density at radius 3 is 2.25 bits per heavy atom. The molecule has 0 atom stereocenters. The maximum atomic E-state index is 11.2. The summed E-state index contributed by atoms with van der Waals surface area (Å²) in [5.41, 5.74) is 1.63. The third-order valence-electron chi connectivity index (χ3n) is 2.16. The zero-order valence-electron chi connectivity index (χ0n) is 8.42. The molecule has 16 heavy (non-hydrogen) atoms. The molecular formula is C12H10NO2S. The summed E-state index contributed by atoms with van der Waals surface area (Å²) >= 11 is 0. The monoisotopic (exact) mass is 232 g/mol. The SMILES string of the molecule is NS(=O)(=O)c1[c]c(-c2ccccc2)ccc1. The van der Waals surface area contributed by atoms with Crippen LogP contribution in [0.1, 0.15) is 0 Å². The third kappa shape index (κ3) is 2.29. The Bertz CT molecular complexity index is 591. The minimum Gasteiger partial charge on any atom is -0.225 e. The second-order valence-electron chi connectivity index (χ2n) is 3.34. The standard InChI is InChI=1S/C12H10NO2S/c13-16(14,15)12-8-4-7-11(9-12)10-5-2-1-3-6-10/h1-8H,(H2,13,14,15). The fourth-order valence-corrected chi connectivity index (χ4v) is 1.92. The molecular weight excluding hydrogens is 222 g/mol. The van der Waals surface area contributed by atoms with E-state index >= 15 is 0 Å². The lowest BCUT2D eigenvalue weighted by Gasteiger charge is -2.02. The van der Waals surface area contributed by atoms with Gasteiger partial charge in [-0.1, -0.05) is 42.5 Å². The van der Waals surface area contributed by atoms with Gasteiger partial charge in [0, 0.05) is 6.07 Å². The molecule has 0 aliphatic rings. The van der Waals surface area contributed by atoms with Crippen LogP contribution in [0.2, 0.25) is 0 Å². The van der Waals surface area contributed by atoms with Crippen molar-refractivity contribution >= 4 is 10.0 Å². The van der Waals surface area contributed by atoms with Gasteiger partial charge in [0.15, 0.2) is 0 Å². The highest BCUT2D eigenvalue weighted by Crippen LogP contribution is 2.20. The van der Waals surface area contributed by atoms with Crippen molar-refractivity contribution in [1.29, 1.82) is 0 Å². The van der Waals surface area contributed by atoms with E-state index in [2.05, 4.69) is 6.07 Å². The highest BCUT2D eigenvalue weighted by Gasteiger charge is 2.08. The molecule has 2 N–H and O–H groups in total. The van der Waals surface area contributed by atoms with Crippen LogP contribution in [0.4, 0.5) is 0 Å². The van der Waals surface area contributed by atoms with Crippen LogP contribution in [-0.2, 0) is 10.0 Å². The molecule has 2 aromatic rings. The number of rotatable bonds is 2. The molecule has 3 nitrogen and oxygen atoms in total. The lowest BCUT2D eigenvalue weighted by atomic mass is 10.1. The fourth-order valence-electron chi connectivity index (χ4n) is 1.40. The van der Waals surface area contributed by atoms with Crippen LogP contribution in [0.5, 0.6) is 0 Å². The van der Waals surface area contributed by atoms with E-state index in [1.165, 1.54) is 6.07 Å². The molecule has 0 saturated carbocycles. The Balaban J connectivity index is 2.53. The highest BCUT2D eigenvalue weighted by atomic mass is 32.2. The summed E-state index contributed by atoms with van der Waals surface area (Å²) in [6.45, 7) is 0. The topological polar surface area (TPSA) is 60.2 Å². The smallest absolute Gasteiger partial charge is 0.225 e. The lowest BCUT2D eigenvalue weighted by Crippen LogP contribution is -2.12. The molecule has 0 saturated heterocycles. The molecule has 4 heteroatoms. The van der Waals surface area contributed by atoms with Crippen LogP contribution >= 0.6 is 0 Å². The van der Waals surface area contributed by atoms with Crippen molar-refractivity contribution in [2.75, 3.05) is 0 Å². The van der Waals surface area contributed by atoms with Gasteiger partial charge >= 0.3 is 0 Å². The second kappa shape index (κ2) is 4.08. The first kappa shape index (κ1) is 10.9. The van der Waals surface area contributed by atoms with E-state index in [9.17, 15) is 8.42 Å². The van der Waals surface area contributed by atoms with Gasteiger partial charge in [0.2, 0.25) is 10.0 Å². The molecule has 0 aliphatic heterocycles. The number of nitrogens with two attached hydrogens (primary N) is 1. The minimum atomic E-state index is -3.69. The Hall–Kier alpha value is -1.65. The molecule has 81 valence electrons. The van der Waals surface area contributed by atoms with Gasteiger partial charge in [-0.05, 0) is 17.2 Å². The van der Waals surface area contributed by atoms with Crippen LogP contribution in [0.25, 0.3) is 11.1 Å². The van der Waals surface area contributed by atoms with E-state index in [-0.39, 0.29) is 4.90 Å². The van der Waals surface area contributed by atoms with Crippen molar-refractivity contribution in [2.45, 2.75) is 4.90 Å². The van der Waals surface area contributed by atoms with Crippen LogP contribution in [0.15, 0.2) is 53.4 Å². The van der Waals surface area contributed by atoms with Crippen LogP contribution < -0.4 is 5.14 Å². The first-order chi connectivity index (χ1) is 7.57. The molecule has 0 amide bonds. The predicted molar refractivity (Wildman–Crippen MR) is 62.1 cm³/mol. The fraction of sp³-hybridized carbons (Fsp3) is 0. The first-order valence-electron chi connectivity index (χ1n) is 4.68. The summed E-state index contributed by atoms with van der Waals surface area (Å²) in [5.74, 6) is 0. The van der Waals surface area contributed by atoms with Crippen molar-refractivity contribution in [1.82, 2.24) is 0 Å². The Kier molecular flexibility index (Phi) is 2.77. The first-order valence-corrected chi connectivity index (χ1v) is 6.22. The average Bonchev–Trinajstić information content (AvgIpc) is 2.29. The Labute approximate surface area is 94.6 Å². The molecule has 2 rings (SSSR count). The predicted octanol–water partition coefficient (Wildman–Crippen LogP) is 1.80. The zero-order valence-corrected chi connectivity index (χ0v) is 9.24. The number of primary sulfonamides is 1.